The van der Waals surface area contributed by atoms with E-state index < -0.39 is 0 Å². The summed E-state index contributed by atoms with van der Waals surface area (Å²) in [6, 6.07) is 3.23. The number of aliphatic hydroxyl groups excluding tert-OH is 1. The molecule has 2 aromatic rings. The topological polar surface area (TPSA) is 42.4 Å². The van der Waals surface area contributed by atoms with Gasteiger partial charge in [0.15, 0.2) is 0 Å². The molecule has 6 heteroatoms. The van der Waals surface area contributed by atoms with Crippen LogP contribution >= 0.6 is 34.5 Å². The fourth-order valence-corrected chi connectivity index (χ4v) is 2.94. The van der Waals surface area contributed by atoms with Crippen LogP contribution in [0.25, 0.3) is 0 Å². The standard InChI is InChI=1S/C13H13Cl2NO2S/c1-2-12-16-10(7-19-12)6-18-13-8(5-17)3-9(14)4-11(13)15/h3-4,7,17H,2,5-6H2,1H3. The number of nitrogens with zero attached hydrogens (tertiary/aromatic N) is 1. The van der Waals surface area contributed by atoms with Crippen molar-refractivity contribution < 1.29 is 9.84 Å². The van der Waals surface area contributed by atoms with E-state index in [2.05, 4.69) is 11.9 Å². The Hall–Kier alpha value is -0.810. The van der Waals surface area contributed by atoms with Crippen LogP contribution in [0.2, 0.25) is 10.0 Å². The summed E-state index contributed by atoms with van der Waals surface area (Å²) >= 11 is 13.6. The molecule has 102 valence electrons. The largest absolute Gasteiger partial charge is 0.485 e. The van der Waals surface area contributed by atoms with E-state index in [0.29, 0.717) is 28.0 Å². The van der Waals surface area contributed by atoms with E-state index in [1.54, 1.807) is 23.5 Å². The maximum Gasteiger partial charge on any atom is 0.144 e. The molecule has 0 unspecified atom stereocenters. The lowest BCUT2D eigenvalue weighted by atomic mass is 10.2. The van der Waals surface area contributed by atoms with Gasteiger partial charge in [0.1, 0.15) is 12.4 Å². The Bertz CT molecular complexity index is 572. The first-order valence-corrected chi connectivity index (χ1v) is 7.42. The molecule has 1 aromatic carbocycles. The number of halogens is 2. The minimum absolute atomic E-state index is 0.174. The normalized spacial score (nSPS) is 10.7. The van der Waals surface area contributed by atoms with E-state index >= 15 is 0 Å². The number of hydrogen-bond acceptors (Lipinski definition) is 4. The van der Waals surface area contributed by atoms with Crippen LogP contribution in [-0.2, 0) is 19.6 Å². The van der Waals surface area contributed by atoms with Crippen molar-refractivity contribution in [2.45, 2.75) is 26.6 Å². The number of hydrogen-bond donors (Lipinski definition) is 1. The molecule has 0 fully saturated rings. The third-order valence-electron chi connectivity index (χ3n) is 2.52. The maximum atomic E-state index is 9.30. The third kappa shape index (κ3) is 3.60. The number of ether oxygens (including phenoxy) is 1. The Morgan fingerprint density at radius 1 is 1.37 bits per heavy atom. The van der Waals surface area contributed by atoms with Gasteiger partial charge in [-0.3, -0.25) is 0 Å². The summed E-state index contributed by atoms with van der Waals surface area (Å²) in [5.74, 6) is 0.458. The molecule has 1 aromatic heterocycles. The maximum absolute atomic E-state index is 9.30. The summed E-state index contributed by atoms with van der Waals surface area (Å²) in [4.78, 5) is 4.41. The van der Waals surface area contributed by atoms with E-state index in [0.717, 1.165) is 17.1 Å². The summed E-state index contributed by atoms with van der Waals surface area (Å²) < 4.78 is 5.65. The molecule has 0 amide bonds. The molecule has 0 radical (unpaired) electrons. The number of benzene rings is 1. The highest BCUT2D eigenvalue weighted by Crippen LogP contribution is 2.33. The van der Waals surface area contributed by atoms with E-state index in [-0.39, 0.29) is 6.61 Å². The molecule has 0 bridgehead atoms. The van der Waals surface area contributed by atoms with Crippen molar-refractivity contribution in [1.29, 1.82) is 0 Å². The monoisotopic (exact) mass is 317 g/mol. The minimum Gasteiger partial charge on any atom is -0.485 e. The fraction of sp³-hybridized carbons (Fsp3) is 0.308. The Kier molecular flexibility index (Phi) is 5.05. The fourth-order valence-electron chi connectivity index (χ4n) is 1.62. The van der Waals surface area contributed by atoms with E-state index in [1.165, 1.54) is 0 Å². The van der Waals surface area contributed by atoms with Crippen molar-refractivity contribution in [1.82, 2.24) is 4.98 Å². The number of aliphatic hydroxyl groups is 1. The lowest BCUT2D eigenvalue weighted by molar-refractivity contribution is 0.258. The Labute approximate surface area is 125 Å². The van der Waals surface area contributed by atoms with Gasteiger partial charge >= 0.3 is 0 Å². The van der Waals surface area contributed by atoms with Crippen molar-refractivity contribution >= 4 is 34.5 Å². The second-order valence-electron chi connectivity index (χ2n) is 3.91. The van der Waals surface area contributed by atoms with Crippen LogP contribution in [0.5, 0.6) is 5.75 Å². The van der Waals surface area contributed by atoms with E-state index in [1.807, 2.05) is 5.38 Å². The van der Waals surface area contributed by atoms with Gasteiger partial charge in [0.2, 0.25) is 0 Å². The van der Waals surface area contributed by atoms with Crippen LogP contribution in [0.3, 0.4) is 0 Å². The highest BCUT2D eigenvalue weighted by molar-refractivity contribution is 7.09. The summed E-state index contributed by atoms with van der Waals surface area (Å²) in [6.07, 6.45) is 0.911. The van der Waals surface area contributed by atoms with Gasteiger partial charge in [0.05, 0.1) is 22.3 Å². The molecule has 0 saturated heterocycles. The van der Waals surface area contributed by atoms with Crippen LogP contribution in [0.1, 0.15) is 23.2 Å². The first-order chi connectivity index (χ1) is 9.13. The first kappa shape index (κ1) is 14.6. The summed E-state index contributed by atoms with van der Waals surface area (Å²) in [5.41, 5.74) is 1.43. The van der Waals surface area contributed by atoms with Crippen molar-refractivity contribution in [3.05, 3.63) is 43.8 Å². The van der Waals surface area contributed by atoms with E-state index in [4.69, 9.17) is 27.9 Å². The van der Waals surface area contributed by atoms with Crippen molar-refractivity contribution in [2.24, 2.45) is 0 Å². The molecule has 0 aliphatic carbocycles. The zero-order chi connectivity index (χ0) is 13.8. The second kappa shape index (κ2) is 6.57. The molecule has 0 aliphatic rings. The number of rotatable bonds is 5. The summed E-state index contributed by atoms with van der Waals surface area (Å²) in [5, 5.41) is 13.2. The van der Waals surface area contributed by atoms with Crippen molar-refractivity contribution in [3.8, 4) is 5.75 Å². The molecule has 19 heavy (non-hydrogen) atoms. The Balaban J connectivity index is 2.14. The van der Waals surface area contributed by atoms with Gasteiger partial charge in [-0.05, 0) is 18.6 Å². The lowest BCUT2D eigenvalue weighted by Gasteiger charge is -2.11. The number of thiazole rings is 1. The number of aromatic nitrogens is 1. The van der Waals surface area contributed by atoms with Crippen LogP contribution in [-0.4, -0.2) is 10.1 Å². The Morgan fingerprint density at radius 2 is 2.16 bits per heavy atom. The van der Waals surface area contributed by atoms with Gasteiger partial charge in [-0.1, -0.05) is 30.1 Å². The predicted octanol–water partition coefficient (Wildman–Crippen LogP) is 4.08. The SMILES string of the molecule is CCc1nc(COc2c(Cl)cc(Cl)cc2CO)cs1. The quantitative estimate of drug-likeness (QED) is 0.903. The van der Waals surface area contributed by atoms with E-state index in [9.17, 15) is 5.11 Å². The molecule has 0 spiro atoms. The van der Waals surface area contributed by atoms with Crippen LogP contribution < -0.4 is 4.74 Å². The van der Waals surface area contributed by atoms with Gasteiger partial charge in [0, 0.05) is 16.0 Å². The molecule has 0 aliphatic heterocycles. The molecule has 3 nitrogen and oxygen atoms in total. The smallest absolute Gasteiger partial charge is 0.144 e. The second-order valence-corrected chi connectivity index (χ2v) is 5.70. The van der Waals surface area contributed by atoms with Crippen LogP contribution in [0, 0.1) is 0 Å². The van der Waals surface area contributed by atoms with Gasteiger partial charge < -0.3 is 9.84 Å². The summed E-state index contributed by atoms with van der Waals surface area (Å²) in [7, 11) is 0. The van der Waals surface area contributed by atoms with Gasteiger partial charge in [-0.2, -0.15) is 0 Å². The highest BCUT2D eigenvalue weighted by Gasteiger charge is 2.11. The average molecular weight is 318 g/mol. The molecular formula is C13H13Cl2NO2S. The average Bonchev–Trinajstić information content (AvgIpc) is 2.84. The zero-order valence-electron chi connectivity index (χ0n) is 10.3. The van der Waals surface area contributed by atoms with Crippen LogP contribution in [0.15, 0.2) is 17.5 Å². The Morgan fingerprint density at radius 3 is 2.79 bits per heavy atom. The minimum atomic E-state index is -0.174. The van der Waals surface area contributed by atoms with Crippen LogP contribution in [0.4, 0.5) is 0 Å². The van der Waals surface area contributed by atoms with Crippen molar-refractivity contribution in [2.75, 3.05) is 0 Å². The molecule has 1 N–H and O–H groups in total. The molecule has 2 rings (SSSR count). The molecule has 0 saturated carbocycles. The number of aryl methyl sites for hydroxylation is 1. The highest BCUT2D eigenvalue weighted by atomic mass is 35.5. The van der Waals surface area contributed by atoms with Gasteiger partial charge in [-0.15, -0.1) is 11.3 Å². The molecule has 0 atom stereocenters. The van der Waals surface area contributed by atoms with Gasteiger partial charge in [-0.25, -0.2) is 4.98 Å². The van der Waals surface area contributed by atoms with Gasteiger partial charge in [0.25, 0.3) is 0 Å². The predicted molar refractivity (Wildman–Crippen MR) is 78.2 cm³/mol. The molecular weight excluding hydrogens is 305 g/mol. The molecule has 1 heterocycles. The summed E-state index contributed by atoms with van der Waals surface area (Å²) in [6.45, 7) is 2.21. The zero-order valence-corrected chi connectivity index (χ0v) is 12.6. The van der Waals surface area contributed by atoms with Crippen molar-refractivity contribution in [3.63, 3.8) is 0 Å². The lowest BCUT2D eigenvalue weighted by Crippen LogP contribution is -2.00. The first-order valence-electron chi connectivity index (χ1n) is 5.79. The third-order valence-corrected chi connectivity index (χ3v) is 4.06.